The molecule has 0 aromatic heterocycles. The standard InChI is InChI=1S/C62H63NO2/c1-63-23-37-36-20-34-18-31-16-32-15-29-14-30-17-33-19-35-22-62(37,61(63)28-12-13-38(64-24-26-8-4-2-5-9-26)39(21-28)65-25-27-10-6-3-7-11-27)60-46(35)51-45(33)50-41(30)40(29)48-44(32)49-42(31)43(34)52-47(36)59(60)58-56(51)54(50)53(48)55(49)57(52)58/h2-13,19,21,29-32,34-37,40-51,53-56,58,61H,14-18,20,22-25H2,1H3/t29?,30?,31?,32?,34-,35+,36-,37?,40?,41?,42?,43?,44?,45?,46?,47?,48?,49?,50?,51?,53?,54?,55?,56?,58?,61?,62?/m1/s1. The molecular weight excluding hydrogens is 791 g/mol. The maximum Gasteiger partial charge on any atom is 0.162 e. The highest BCUT2D eigenvalue weighted by Gasteiger charge is 2.86. The average molecular weight is 854 g/mol. The number of rotatable bonds is 7. The molecule has 328 valence electrons. The van der Waals surface area contributed by atoms with Gasteiger partial charge in [-0.1, -0.05) is 101 Å². The van der Waals surface area contributed by atoms with Gasteiger partial charge in [0.2, 0.25) is 0 Å². The zero-order chi connectivity index (χ0) is 41.2. The topological polar surface area (TPSA) is 21.7 Å². The van der Waals surface area contributed by atoms with E-state index in [-0.39, 0.29) is 5.41 Å². The second-order valence-electron chi connectivity index (χ2n) is 26.9. The molecule has 65 heavy (non-hydrogen) atoms. The molecule has 1 spiro atoms. The van der Waals surface area contributed by atoms with Crippen LogP contribution in [0, 0.1) is 153 Å². The number of hydrogen-bond acceptors (Lipinski definition) is 3. The minimum absolute atomic E-state index is 0.222. The van der Waals surface area contributed by atoms with Gasteiger partial charge in [0.25, 0.3) is 0 Å². The fourth-order valence-electron chi connectivity index (χ4n) is 26.6. The Balaban J connectivity index is 0.814. The highest BCUT2D eigenvalue weighted by Crippen LogP contribution is 2.92. The Morgan fingerprint density at radius 2 is 1.22 bits per heavy atom. The van der Waals surface area contributed by atoms with Crippen LogP contribution >= 0.6 is 0 Å². The molecule has 1 heterocycles. The maximum atomic E-state index is 6.95. The van der Waals surface area contributed by atoms with Gasteiger partial charge in [-0.2, -0.15) is 0 Å². The second-order valence-corrected chi connectivity index (χ2v) is 26.9. The van der Waals surface area contributed by atoms with E-state index in [9.17, 15) is 0 Å². The van der Waals surface area contributed by atoms with Crippen molar-refractivity contribution in [3.63, 3.8) is 0 Å². The molecule has 1 saturated heterocycles. The van der Waals surface area contributed by atoms with Crippen molar-refractivity contribution in [3.8, 4) is 11.5 Å². The lowest BCUT2D eigenvalue weighted by Crippen LogP contribution is -2.55. The van der Waals surface area contributed by atoms with Gasteiger partial charge in [-0.15, -0.1) is 0 Å². The van der Waals surface area contributed by atoms with Gasteiger partial charge in [0.05, 0.1) is 0 Å². The first kappa shape index (κ1) is 34.7. The number of nitrogens with zero attached hydrogens (tertiary/aromatic N) is 1. The Morgan fingerprint density at radius 3 is 2.03 bits per heavy atom. The normalized spacial score (nSPS) is 56.6. The molecule has 17 aliphatic rings. The molecule has 0 amide bonds. The Labute approximate surface area is 384 Å². The quantitative estimate of drug-likeness (QED) is 0.221. The predicted octanol–water partition coefficient (Wildman–Crippen LogP) is 11.7. The van der Waals surface area contributed by atoms with E-state index in [0.717, 1.165) is 159 Å². The number of likely N-dealkylation sites (tertiary alicyclic amines) is 1. The molecule has 0 bridgehead atoms. The van der Waals surface area contributed by atoms with E-state index in [2.05, 4.69) is 125 Å². The average Bonchev–Trinajstić information content (AvgIpc) is 4.19. The molecule has 27 atom stereocenters. The lowest BCUT2D eigenvalue weighted by atomic mass is 9.44. The predicted molar refractivity (Wildman–Crippen MR) is 247 cm³/mol. The van der Waals surface area contributed by atoms with Crippen LogP contribution < -0.4 is 9.47 Å². The summed E-state index contributed by atoms with van der Waals surface area (Å²) in [6, 6.07) is 29.3. The summed E-state index contributed by atoms with van der Waals surface area (Å²) in [4.78, 5) is 2.94. The van der Waals surface area contributed by atoms with E-state index in [1.54, 1.807) is 32.1 Å². The van der Waals surface area contributed by atoms with Crippen molar-refractivity contribution in [2.24, 2.45) is 153 Å². The van der Waals surface area contributed by atoms with E-state index < -0.39 is 0 Å². The molecule has 12 fully saturated rings. The Hall–Kier alpha value is -3.56. The molecule has 3 nitrogen and oxygen atoms in total. The van der Waals surface area contributed by atoms with Crippen LogP contribution in [-0.2, 0) is 13.2 Å². The number of ether oxygens (including phenoxy) is 2. The smallest absolute Gasteiger partial charge is 0.162 e. The molecular formula is C62H63NO2. The van der Waals surface area contributed by atoms with Gasteiger partial charge < -0.3 is 9.47 Å². The Morgan fingerprint density at radius 1 is 0.554 bits per heavy atom. The number of fused-ring (bicyclic) bond motifs is 1. The van der Waals surface area contributed by atoms with Crippen LogP contribution in [0.25, 0.3) is 0 Å². The van der Waals surface area contributed by atoms with Crippen molar-refractivity contribution in [2.45, 2.75) is 64.2 Å². The summed E-state index contributed by atoms with van der Waals surface area (Å²) in [5.74, 6) is 26.5. The van der Waals surface area contributed by atoms with Crippen molar-refractivity contribution in [2.75, 3.05) is 13.6 Å². The SMILES string of the molecule is CN1CC2[C@H]3C[C@H]4CC5CC6CC7CC8CC9=C[C@H]%10CC2(C2=C%11C%12C%13=C(C4C5C4C%13C5C(C7C8C7C9C(C%12C75)C2%10)C64)C%113)C1c1ccc(OCc2ccccc2)c(OCc2ccccc2)c1. The van der Waals surface area contributed by atoms with Gasteiger partial charge in [0.15, 0.2) is 11.5 Å². The molecule has 20 rings (SSSR count). The van der Waals surface area contributed by atoms with Crippen LogP contribution in [0.1, 0.15) is 67.7 Å². The zero-order valence-electron chi connectivity index (χ0n) is 37.9. The van der Waals surface area contributed by atoms with Crippen LogP contribution in [-0.4, -0.2) is 18.5 Å². The van der Waals surface area contributed by atoms with E-state index in [1.807, 2.05) is 0 Å². The molecule has 0 N–H and O–H groups in total. The van der Waals surface area contributed by atoms with E-state index >= 15 is 0 Å². The largest absolute Gasteiger partial charge is 0.485 e. The minimum atomic E-state index is 0.222. The van der Waals surface area contributed by atoms with Gasteiger partial charge in [-0.05, 0) is 217 Å². The monoisotopic (exact) mass is 853 g/mol. The summed E-state index contributed by atoms with van der Waals surface area (Å²) in [7, 11) is 2.57. The van der Waals surface area contributed by atoms with Gasteiger partial charge in [0, 0.05) is 29.8 Å². The third-order valence-electron chi connectivity index (χ3n) is 26.1. The molecule has 3 aromatic carbocycles. The van der Waals surface area contributed by atoms with E-state index in [4.69, 9.17) is 9.47 Å². The van der Waals surface area contributed by atoms with Crippen molar-refractivity contribution in [1.82, 2.24) is 4.90 Å². The van der Waals surface area contributed by atoms with Crippen LogP contribution in [0.3, 0.4) is 0 Å². The molecule has 0 radical (unpaired) electrons. The number of allylic oxidation sites excluding steroid dienone is 5. The molecule has 3 aromatic rings. The highest BCUT2D eigenvalue weighted by atomic mass is 16.5. The first-order valence-electron chi connectivity index (χ1n) is 27.5. The third kappa shape index (κ3) is 3.51. The van der Waals surface area contributed by atoms with Gasteiger partial charge >= 0.3 is 0 Å². The Bertz CT molecular complexity index is 2820. The van der Waals surface area contributed by atoms with Gasteiger partial charge in [-0.3, -0.25) is 4.90 Å². The summed E-state index contributed by atoms with van der Waals surface area (Å²) in [5.41, 5.74) is 15.1. The minimum Gasteiger partial charge on any atom is -0.485 e. The van der Waals surface area contributed by atoms with Gasteiger partial charge in [0.1, 0.15) is 13.2 Å². The van der Waals surface area contributed by atoms with Crippen molar-refractivity contribution in [1.29, 1.82) is 0 Å². The number of hydrogen-bond donors (Lipinski definition) is 0. The summed E-state index contributed by atoms with van der Waals surface area (Å²) >= 11 is 0. The maximum absolute atomic E-state index is 6.95. The Kier molecular flexibility index (Phi) is 5.86. The van der Waals surface area contributed by atoms with Crippen LogP contribution in [0.2, 0.25) is 0 Å². The highest BCUT2D eigenvalue weighted by molar-refractivity contribution is 5.63. The summed E-state index contributed by atoms with van der Waals surface area (Å²) in [5, 5.41) is 0. The lowest BCUT2D eigenvalue weighted by Gasteiger charge is -2.60. The second kappa shape index (κ2) is 11.0. The molecule has 24 unspecified atom stereocenters. The summed E-state index contributed by atoms with van der Waals surface area (Å²) in [6.07, 6.45) is 14.2. The van der Waals surface area contributed by atoms with Crippen molar-refractivity contribution >= 4 is 0 Å². The van der Waals surface area contributed by atoms with E-state index in [1.165, 1.54) is 36.1 Å². The van der Waals surface area contributed by atoms with Crippen LogP contribution in [0.5, 0.6) is 11.5 Å². The summed E-state index contributed by atoms with van der Waals surface area (Å²) < 4.78 is 13.7. The zero-order valence-corrected chi connectivity index (χ0v) is 37.9. The lowest BCUT2D eigenvalue weighted by molar-refractivity contribution is -0.103. The molecule has 3 heteroatoms. The number of benzene rings is 3. The third-order valence-corrected chi connectivity index (χ3v) is 26.1. The van der Waals surface area contributed by atoms with Crippen LogP contribution in [0.15, 0.2) is 113 Å². The van der Waals surface area contributed by atoms with Crippen molar-refractivity contribution in [3.05, 3.63) is 129 Å². The molecule has 11 saturated carbocycles. The molecule has 1 aliphatic heterocycles. The van der Waals surface area contributed by atoms with Crippen molar-refractivity contribution < 1.29 is 9.47 Å². The summed E-state index contributed by atoms with van der Waals surface area (Å²) in [6.45, 7) is 2.39. The molecule has 16 aliphatic carbocycles. The fourth-order valence-corrected chi connectivity index (χ4v) is 26.6. The van der Waals surface area contributed by atoms with E-state index in [0.29, 0.717) is 19.3 Å². The first-order valence-corrected chi connectivity index (χ1v) is 27.5. The first-order chi connectivity index (χ1) is 32.1. The van der Waals surface area contributed by atoms with Gasteiger partial charge in [-0.25, -0.2) is 0 Å². The fraction of sp³-hybridized carbons (Fsp3) is 0.613. The van der Waals surface area contributed by atoms with Crippen LogP contribution in [0.4, 0.5) is 0 Å².